The standard InChI is InChI=1S/C20H24N2O2/c1-3-9-19-17(7-1)13-21(15-23-19)11-5-6-12-22-14-18-8-2-4-10-20(18)24-16-22/h1-4,7-10H,5-6,11-16H2. The lowest BCUT2D eigenvalue weighted by Gasteiger charge is -2.30. The van der Waals surface area contributed by atoms with Crippen LogP contribution < -0.4 is 9.47 Å². The van der Waals surface area contributed by atoms with Gasteiger partial charge in [0.15, 0.2) is 0 Å². The van der Waals surface area contributed by atoms with Crippen LogP contribution in [0.4, 0.5) is 0 Å². The van der Waals surface area contributed by atoms with Gasteiger partial charge in [-0.05, 0) is 25.0 Å². The number of benzene rings is 2. The van der Waals surface area contributed by atoms with Gasteiger partial charge in [0.1, 0.15) is 25.0 Å². The summed E-state index contributed by atoms with van der Waals surface area (Å²) in [5.74, 6) is 2.08. The number of fused-ring (bicyclic) bond motifs is 2. The fourth-order valence-electron chi connectivity index (χ4n) is 3.40. The van der Waals surface area contributed by atoms with E-state index in [1.54, 1.807) is 0 Å². The van der Waals surface area contributed by atoms with Crippen molar-refractivity contribution >= 4 is 0 Å². The highest BCUT2D eigenvalue weighted by atomic mass is 16.5. The van der Waals surface area contributed by atoms with Gasteiger partial charge in [0.05, 0.1) is 0 Å². The number of rotatable bonds is 5. The van der Waals surface area contributed by atoms with E-state index in [1.807, 2.05) is 12.1 Å². The molecule has 0 saturated heterocycles. The number of nitrogens with zero attached hydrogens (tertiary/aromatic N) is 2. The van der Waals surface area contributed by atoms with Crippen molar-refractivity contribution in [3.05, 3.63) is 59.7 Å². The molecule has 2 aliphatic heterocycles. The molecule has 0 aliphatic carbocycles. The molecule has 2 aromatic carbocycles. The molecule has 0 atom stereocenters. The molecule has 0 spiro atoms. The van der Waals surface area contributed by atoms with E-state index >= 15 is 0 Å². The predicted octanol–water partition coefficient (Wildman–Crippen LogP) is 3.47. The van der Waals surface area contributed by atoms with E-state index in [1.165, 1.54) is 24.0 Å². The van der Waals surface area contributed by atoms with Crippen molar-refractivity contribution in [2.45, 2.75) is 25.9 Å². The lowest BCUT2D eigenvalue weighted by molar-refractivity contribution is 0.0809. The Hall–Kier alpha value is -2.04. The highest BCUT2D eigenvalue weighted by molar-refractivity contribution is 5.34. The maximum atomic E-state index is 5.82. The number of ether oxygens (including phenoxy) is 2. The molecule has 0 bridgehead atoms. The Morgan fingerprint density at radius 2 is 1.12 bits per heavy atom. The molecule has 0 radical (unpaired) electrons. The van der Waals surface area contributed by atoms with E-state index in [0.717, 1.165) is 37.7 Å². The predicted molar refractivity (Wildman–Crippen MR) is 93.9 cm³/mol. The summed E-state index contributed by atoms with van der Waals surface area (Å²) in [5, 5.41) is 0. The second-order valence-electron chi connectivity index (χ2n) is 6.57. The minimum Gasteiger partial charge on any atom is -0.478 e. The van der Waals surface area contributed by atoms with Gasteiger partial charge in [-0.25, -0.2) is 0 Å². The molecule has 0 amide bonds. The molecule has 0 unspecified atom stereocenters. The summed E-state index contributed by atoms with van der Waals surface area (Å²) < 4.78 is 11.6. The van der Waals surface area contributed by atoms with Crippen LogP contribution in [0, 0.1) is 0 Å². The zero-order chi connectivity index (χ0) is 16.2. The second-order valence-corrected chi connectivity index (χ2v) is 6.57. The molecule has 4 rings (SSSR count). The molecule has 2 heterocycles. The third-order valence-electron chi connectivity index (χ3n) is 4.74. The van der Waals surface area contributed by atoms with Gasteiger partial charge in [0, 0.05) is 37.3 Å². The van der Waals surface area contributed by atoms with Crippen molar-refractivity contribution in [1.82, 2.24) is 9.80 Å². The van der Waals surface area contributed by atoms with Crippen LogP contribution >= 0.6 is 0 Å². The summed E-state index contributed by atoms with van der Waals surface area (Å²) in [4.78, 5) is 4.76. The Labute approximate surface area is 143 Å². The average Bonchev–Trinajstić information content (AvgIpc) is 2.65. The summed E-state index contributed by atoms with van der Waals surface area (Å²) in [6.45, 7) is 5.57. The minimum absolute atomic E-state index is 0.706. The first-order valence-corrected chi connectivity index (χ1v) is 8.74. The fraction of sp³-hybridized carbons (Fsp3) is 0.400. The van der Waals surface area contributed by atoms with Crippen molar-refractivity contribution in [1.29, 1.82) is 0 Å². The molecule has 4 nitrogen and oxygen atoms in total. The molecule has 4 heteroatoms. The topological polar surface area (TPSA) is 24.9 Å². The molecular formula is C20H24N2O2. The maximum absolute atomic E-state index is 5.82. The summed E-state index contributed by atoms with van der Waals surface area (Å²) in [6.07, 6.45) is 2.37. The monoisotopic (exact) mass is 324 g/mol. The Morgan fingerprint density at radius 3 is 1.62 bits per heavy atom. The van der Waals surface area contributed by atoms with Crippen molar-refractivity contribution in [2.75, 3.05) is 26.6 Å². The zero-order valence-electron chi connectivity index (χ0n) is 14.0. The summed E-state index contributed by atoms with van der Waals surface area (Å²) in [5.41, 5.74) is 2.59. The van der Waals surface area contributed by atoms with Gasteiger partial charge in [-0.2, -0.15) is 0 Å². The molecule has 0 aromatic heterocycles. The van der Waals surface area contributed by atoms with Crippen molar-refractivity contribution in [3.63, 3.8) is 0 Å². The first-order chi connectivity index (χ1) is 11.9. The highest BCUT2D eigenvalue weighted by Gasteiger charge is 2.18. The fourth-order valence-corrected chi connectivity index (χ4v) is 3.40. The van der Waals surface area contributed by atoms with E-state index in [4.69, 9.17) is 9.47 Å². The molecule has 24 heavy (non-hydrogen) atoms. The maximum Gasteiger partial charge on any atom is 0.142 e. The molecule has 0 N–H and O–H groups in total. The number of hydrogen-bond acceptors (Lipinski definition) is 4. The smallest absolute Gasteiger partial charge is 0.142 e. The van der Waals surface area contributed by atoms with E-state index in [0.29, 0.717) is 13.5 Å². The van der Waals surface area contributed by atoms with Gasteiger partial charge in [-0.1, -0.05) is 36.4 Å². The SMILES string of the molecule is c1ccc2c(c1)CN(CCCCN1COc3ccccc3C1)CO2. The van der Waals surface area contributed by atoms with Crippen LogP contribution in [-0.4, -0.2) is 36.4 Å². The van der Waals surface area contributed by atoms with Gasteiger partial charge < -0.3 is 9.47 Å². The average molecular weight is 324 g/mol. The van der Waals surface area contributed by atoms with Gasteiger partial charge in [-0.15, -0.1) is 0 Å². The van der Waals surface area contributed by atoms with Gasteiger partial charge >= 0.3 is 0 Å². The summed E-state index contributed by atoms with van der Waals surface area (Å²) >= 11 is 0. The molecule has 2 aromatic rings. The van der Waals surface area contributed by atoms with Crippen LogP contribution in [0.2, 0.25) is 0 Å². The normalized spacial score (nSPS) is 17.5. The molecule has 126 valence electrons. The zero-order valence-corrected chi connectivity index (χ0v) is 14.0. The third kappa shape index (κ3) is 3.55. The lowest BCUT2D eigenvalue weighted by atomic mass is 10.1. The van der Waals surface area contributed by atoms with Crippen LogP contribution in [0.1, 0.15) is 24.0 Å². The van der Waals surface area contributed by atoms with Crippen LogP contribution in [0.3, 0.4) is 0 Å². The minimum atomic E-state index is 0.706. The first kappa shape index (κ1) is 15.5. The van der Waals surface area contributed by atoms with Crippen molar-refractivity contribution in [2.24, 2.45) is 0 Å². The van der Waals surface area contributed by atoms with Crippen LogP contribution in [0.15, 0.2) is 48.5 Å². The van der Waals surface area contributed by atoms with Crippen LogP contribution in [0.25, 0.3) is 0 Å². The van der Waals surface area contributed by atoms with Gasteiger partial charge in [0.2, 0.25) is 0 Å². The number of hydrogen-bond donors (Lipinski definition) is 0. The van der Waals surface area contributed by atoms with Crippen molar-refractivity contribution < 1.29 is 9.47 Å². The van der Waals surface area contributed by atoms with E-state index in [2.05, 4.69) is 46.2 Å². The molecular weight excluding hydrogens is 300 g/mol. The molecule has 0 fully saturated rings. The van der Waals surface area contributed by atoms with Gasteiger partial charge in [-0.3, -0.25) is 9.80 Å². The molecule has 0 saturated carbocycles. The third-order valence-corrected chi connectivity index (χ3v) is 4.74. The quantitative estimate of drug-likeness (QED) is 0.786. The highest BCUT2D eigenvalue weighted by Crippen LogP contribution is 2.25. The van der Waals surface area contributed by atoms with E-state index in [-0.39, 0.29) is 0 Å². The van der Waals surface area contributed by atoms with Gasteiger partial charge in [0.25, 0.3) is 0 Å². The second kappa shape index (κ2) is 7.24. The number of para-hydroxylation sites is 2. The molecule has 2 aliphatic rings. The Morgan fingerprint density at radius 1 is 0.667 bits per heavy atom. The largest absolute Gasteiger partial charge is 0.478 e. The first-order valence-electron chi connectivity index (χ1n) is 8.74. The Kier molecular flexibility index (Phi) is 4.67. The van der Waals surface area contributed by atoms with Crippen LogP contribution in [-0.2, 0) is 13.1 Å². The summed E-state index contributed by atoms with van der Waals surface area (Å²) in [6, 6.07) is 16.7. The lowest BCUT2D eigenvalue weighted by Crippen LogP contribution is -2.34. The van der Waals surface area contributed by atoms with Crippen LogP contribution in [0.5, 0.6) is 11.5 Å². The summed E-state index contributed by atoms with van der Waals surface area (Å²) in [7, 11) is 0. The van der Waals surface area contributed by atoms with E-state index in [9.17, 15) is 0 Å². The van der Waals surface area contributed by atoms with Crippen molar-refractivity contribution in [3.8, 4) is 11.5 Å². The number of unbranched alkanes of at least 4 members (excludes halogenated alkanes) is 1. The Bertz CT molecular complexity index is 629. The van der Waals surface area contributed by atoms with E-state index < -0.39 is 0 Å². The Balaban J connectivity index is 1.19.